The second kappa shape index (κ2) is 7.87. The Hall–Kier alpha value is -2.11. The first-order chi connectivity index (χ1) is 13.1. The van der Waals surface area contributed by atoms with Gasteiger partial charge in [0, 0.05) is 49.5 Å². The van der Waals surface area contributed by atoms with Crippen LogP contribution < -0.4 is 10.2 Å². The lowest BCUT2D eigenvalue weighted by molar-refractivity contribution is 0.0634. The van der Waals surface area contributed by atoms with Crippen molar-refractivity contribution in [2.24, 2.45) is 5.92 Å². The summed E-state index contributed by atoms with van der Waals surface area (Å²) in [6.45, 7) is 6.41. The molecule has 27 heavy (non-hydrogen) atoms. The van der Waals surface area contributed by atoms with E-state index in [1.54, 1.807) is 6.20 Å². The molecule has 0 bridgehead atoms. The molecule has 1 aromatic carbocycles. The summed E-state index contributed by atoms with van der Waals surface area (Å²) in [5.41, 5.74) is 1.68. The van der Waals surface area contributed by atoms with Gasteiger partial charge in [-0.2, -0.15) is 0 Å². The van der Waals surface area contributed by atoms with Gasteiger partial charge < -0.3 is 15.1 Å². The van der Waals surface area contributed by atoms with Crippen molar-refractivity contribution in [1.82, 2.24) is 15.2 Å². The first-order valence-electron chi connectivity index (χ1n) is 9.60. The van der Waals surface area contributed by atoms with Crippen LogP contribution in [0.5, 0.6) is 0 Å². The van der Waals surface area contributed by atoms with Crippen LogP contribution in [-0.4, -0.2) is 48.5 Å². The molecular weight excluding hydrogens is 360 g/mol. The van der Waals surface area contributed by atoms with Gasteiger partial charge in [-0.3, -0.25) is 4.79 Å². The summed E-state index contributed by atoms with van der Waals surface area (Å²) in [4.78, 5) is 22.0. The van der Waals surface area contributed by atoms with E-state index in [1.807, 2.05) is 41.3 Å². The molecule has 2 unspecified atom stereocenters. The van der Waals surface area contributed by atoms with Gasteiger partial charge in [-0.15, -0.1) is 0 Å². The predicted octanol–water partition coefficient (Wildman–Crippen LogP) is 3.37. The van der Waals surface area contributed by atoms with E-state index in [2.05, 4.69) is 22.1 Å². The van der Waals surface area contributed by atoms with Crippen molar-refractivity contribution in [2.45, 2.75) is 19.4 Å². The number of halogens is 1. The van der Waals surface area contributed by atoms with E-state index in [4.69, 9.17) is 11.6 Å². The van der Waals surface area contributed by atoms with Crippen LogP contribution in [0.4, 0.5) is 5.82 Å². The number of hydrogen-bond acceptors (Lipinski definition) is 4. The van der Waals surface area contributed by atoms with Crippen LogP contribution in [-0.2, 0) is 0 Å². The van der Waals surface area contributed by atoms with Crippen LogP contribution in [0.15, 0.2) is 42.6 Å². The molecule has 2 atom stereocenters. The average Bonchev–Trinajstić information content (AvgIpc) is 3.14. The molecule has 2 aliphatic heterocycles. The summed E-state index contributed by atoms with van der Waals surface area (Å²) >= 11 is 6.42. The van der Waals surface area contributed by atoms with Crippen LogP contribution >= 0.6 is 11.6 Å². The van der Waals surface area contributed by atoms with Gasteiger partial charge in [0.2, 0.25) is 0 Å². The lowest BCUT2D eigenvalue weighted by atomic mass is 10.0. The fraction of sp³-hybridized carbons (Fsp3) is 0.429. The van der Waals surface area contributed by atoms with E-state index in [1.165, 1.54) is 6.42 Å². The number of aromatic nitrogens is 1. The number of carbonyl (C=O) groups excluding carboxylic acids is 1. The second-order valence-electron chi connectivity index (χ2n) is 7.48. The summed E-state index contributed by atoms with van der Waals surface area (Å²) in [7, 11) is 0. The zero-order valence-electron chi connectivity index (χ0n) is 15.6. The zero-order valence-corrected chi connectivity index (χ0v) is 16.3. The molecule has 2 saturated heterocycles. The quantitative estimate of drug-likeness (QED) is 0.881. The highest BCUT2D eigenvalue weighted by Crippen LogP contribution is 2.30. The normalized spacial score (nSPS) is 22.9. The summed E-state index contributed by atoms with van der Waals surface area (Å²) in [6.07, 6.45) is 2.92. The van der Waals surface area contributed by atoms with Gasteiger partial charge in [-0.1, -0.05) is 36.7 Å². The van der Waals surface area contributed by atoms with E-state index in [0.29, 0.717) is 29.6 Å². The molecular formula is C21H25ClN4O. The SMILES string of the molecule is CC1CCN(c2cc(C(=O)N3CCNCC3c3ccccc3Cl)ccn2)C1. The molecule has 1 amide bonds. The number of amides is 1. The number of piperazine rings is 1. The monoisotopic (exact) mass is 384 g/mol. The summed E-state index contributed by atoms with van der Waals surface area (Å²) < 4.78 is 0. The average molecular weight is 385 g/mol. The van der Waals surface area contributed by atoms with Crippen LogP contribution in [0.3, 0.4) is 0 Å². The maximum atomic E-state index is 13.3. The molecule has 2 aromatic rings. The Morgan fingerprint density at radius 2 is 2.11 bits per heavy atom. The third-order valence-electron chi connectivity index (χ3n) is 5.51. The Morgan fingerprint density at radius 3 is 2.89 bits per heavy atom. The lowest BCUT2D eigenvalue weighted by Crippen LogP contribution is -2.48. The number of pyridine rings is 1. The fourth-order valence-electron chi connectivity index (χ4n) is 4.00. The Bertz CT molecular complexity index is 827. The molecule has 0 radical (unpaired) electrons. The van der Waals surface area contributed by atoms with Gasteiger partial charge >= 0.3 is 0 Å². The number of hydrogen-bond donors (Lipinski definition) is 1. The third-order valence-corrected chi connectivity index (χ3v) is 5.85. The number of benzene rings is 1. The summed E-state index contributed by atoms with van der Waals surface area (Å²) in [6, 6.07) is 11.5. The van der Waals surface area contributed by atoms with Gasteiger partial charge in [0.25, 0.3) is 5.91 Å². The molecule has 2 aliphatic rings. The van der Waals surface area contributed by atoms with Gasteiger partial charge in [-0.25, -0.2) is 4.98 Å². The van der Waals surface area contributed by atoms with E-state index in [-0.39, 0.29) is 11.9 Å². The number of nitrogens with zero attached hydrogens (tertiary/aromatic N) is 3. The Kier molecular flexibility index (Phi) is 5.32. The topological polar surface area (TPSA) is 48.5 Å². The first kappa shape index (κ1) is 18.3. The van der Waals surface area contributed by atoms with Crippen molar-refractivity contribution >= 4 is 23.3 Å². The molecule has 3 heterocycles. The number of carbonyl (C=O) groups is 1. The highest BCUT2D eigenvalue weighted by molar-refractivity contribution is 6.31. The lowest BCUT2D eigenvalue weighted by Gasteiger charge is -2.37. The van der Waals surface area contributed by atoms with Crippen molar-refractivity contribution < 1.29 is 4.79 Å². The molecule has 2 fully saturated rings. The van der Waals surface area contributed by atoms with Crippen LogP contribution in [0.1, 0.15) is 35.3 Å². The molecule has 142 valence electrons. The Balaban J connectivity index is 1.60. The maximum Gasteiger partial charge on any atom is 0.254 e. The smallest absolute Gasteiger partial charge is 0.254 e. The highest BCUT2D eigenvalue weighted by Gasteiger charge is 2.30. The standard InChI is InChI=1S/C21H25ClN4O/c1-15-7-10-25(14-15)20-12-16(6-8-24-20)21(27)26-11-9-23-13-19(26)17-4-2-3-5-18(17)22/h2-6,8,12,15,19,23H,7,9-11,13-14H2,1H3. The molecule has 0 saturated carbocycles. The first-order valence-corrected chi connectivity index (χ1v) is 9.98. The Morgan fingerprint density at radius 1 is 1.26 bits per heavy atom. The second-order valence-corrected chi connectivity index (χ2v) is 7.89. The van der Waals surface area contributed by atoms with Crippen LogP contribution in [0, 0.1) is 5.92 Å². The van der Waals surface area contributed by atoms with E-state index in [0.717, 1.165) is 31.0 Å². The third kappa shape index (κ3) is 3.80. The van der Waals surface area contributed by atoms with Crippen LogP contribution in [0.25, 0.3) is 0 Å². The molecule has 5 nitrogen and oxygen atoms in total. The van der Waals surface area contributed by atoms with E-state index >= 15 is 0 Å². The van der Waals surface area contributed by atoms with Gasteiger partial charge in [0.1, 0.15) is 5.82 Å². The van der Waals surface area contributed by atoms with Crippen molar-refractivity contribution in [3.05, 3.63) is 58.7 Å². The van der Waals surface area contributed by atoms with Crippen molar-refractivity contribution in [2.75, 3.05) is 37.6 Å². The van der Waals surface area contributed by atoms with Crippen LogP contribution in [0.2, 0.25) is 5.02 Å². The summed E-state index contributed by atoms with van der Waals surface area (Å²) in [5, 5.41) is 4.08. The minimum absolute atomic E-state index is 0.0392. The van der Waals surface area contributed by atoms with Crippen molar-refractivity contribution in [3.8, 4) is 0 Å². The van der Waals surface area contributed by atoms with E-state index in [9.17, 15) is 4.79 Å². The number of nitrogens with one attached hydrogen (secondary N) is 1. The zero-order chi connectivity index (χ0) is 18.8. The molecule has 0 spiro atoms. The Labute approximate surface area is 165 Å². The molecule has 1 N–H and O–H groups in total. The van der Waals surface area contributed by atoms with Crippen molar-refractivity contribution in [1.29, 1.82) is 0 Å². The largest absolute Gasteiger partial charge is 0.356 e. The molecule has 6 heteroatoms. The minimum atomic E-state index is -0.0663. The fourth-order valence-corrected chi connectivity index (χ4v) is 4.27. The van der Waals surface area contributed by atoms with Gasteiger partial charge in [0.15, 0.2) is 0 Å². The number of rotatable bonds is 3. The number of anilines is 1. The maximum absolute atomic E-state index is 13.3. The highest BCUT2D eigenvalue weighted by atomic mass is 35.5. The van der Waals surface area contributed by atoms with Gasteiger partial charge in [0.05, 0.1) is 6.04 Å². The molecule has 1 aromatic heterocycles. The minimum Gasteiger partial charge on any atom is -0.356 e. The molecule has 4 rings (SSSR count). The summed E-state index contributed by atoms with van der Waals surface area (Å²) in [5.74, 6) is 1.61. The van der Waals surface area contributed by atoms with E-state index < -0.39 is 0 Å². The predicted molar refractivity (Wildman–Crippen MR) is 108 cm³/mol. The molecule has 0 aliphatic carbocycles. The van der Waals surface area contributed by atoms with Crippen molar-refractivity contribution in [3.63, 3.8) is 0 Å². The van der Waals surface area contributed by atoms with Gasteiger partial charge in [-0.05, 0) is 36.1 Å².